The number of esters is 1. The number of aryl methyl sites for hydroxylation is 2. The van der Waals surface area contributed by atoms with Crippen LogP contribution in [-0.2, 0) is 44.1 Å². The van der Waals surface area contributed by atoms with Crippen LogP contribution in [0.4, 0.5) is 5.69 Å². The van der Waals surface area contributed by atoms with E-state index in [4.69, 9.17) is 14.6 Å². The third-order valence-electron chi connectivity index (χ3n) is 7.53. The highest BCUT2D eigenvalue weighted by molar-refractivity contribution is 6.76. The average molecular weight is 523 g/mol. The molecule has 0 radical (unpaired) electrons. The first-order chi connectivity index (χ1) is 17.5. The Kier molecular flexibility index (Phi) is 6.56. The summed E-state index contributed by atoms with van der Waals surface area (Å²) in [6, 6.07) is 5.29. The number of aromatic amines is 1. The molecule has 2 aliphatic rings. The van der Waals surface area contributed by atoms with E-state index in [9.17, 15) is 9.59 Å². The lowest BCUT2D eigenvalue weighted by molar-refractivity contribution is -0.142. The van der Waals surface area contributed by atoms with Crippen LogP contribution in [0, 0.1) is 0 Å². The van der Waals surface area contributed by atoms with Gasteiger partial charge in [0.15, 0.2) is 0 Å². The second-order valence-electron chi connectivity index (χ2n) is 12.0. The first-order valence-corrected chi connectivity index (χ1v) is 17.0. The van der Waals surface area contributed by atoms with Crippen molar-refractivity contribution in [2.75, 3.05) is 24.7 Å². The summed E-state index contributed by atoms with van der Waals surface area (Å²) < 4.78 is 13.0. The van der Waals surface area contributed by atoms with Gasteiger partial charge in [-0.2, -0.15) is 5.10 Å². The van der Waals surface area contributed by atoms with Crippen molar-refractivity contribution in [1.29, 1.82) is 0 Å². The zero-order chi connectivity index (χ0) is 26.5. The predicted molar refractivity (Wildman–Crippen MR) is 148 cm³/mol. The number of fused-ring (bicyclic) bond motifs is 6. The molecule has 0 atom stereocenters. The molecule has 0 saturated heterocycles. The number of anilines is 1. The number of nitrogens with zero attached hydrogens (tertiary/aromatic N) is 3. The lowest BCUT2D eigenvalue weighted by Gasteiger charge is -2.19. The van der Waals surface area contributed by atoms with Crippen LogP contribution < -0.4 is 4.90 Å². The van der Waals surface area contributed by atoms with Gasteiger partial charge >= 0.3 is 5.97 Å². The Hall–Kier alpha value is -2.91. The number of carbonyl (C=O) groups excluding carboxylic acids is 2. The van der Waals surface area contributed by atoms with Crippen molar-refractivity contribution in [2.45, 2.75) is 77.9 Å². The summed E-state index contributed by atoms with van der Waals surface area (Å²) in [4.78, 5) is 30.8. The molecule has 1 aliphatic heterocycles. The maximum atomic E-state index is 13.3. The van der Waals surface area contributed by atoms with Crippen molar-refractivity contribution < 1.29 is 19.1 Å². The van der Waals surface area contributed by atoms with Crippen molar-refractivity contribution in [1.82, 2.24) is 14.8 Å². The molecule has 1 N–H and O–H groups in total. The van der Waals surface area contributed by atoms with Crippen LogP contribution in [0.1, 0.15) is 43.9 Å². The van der Waals surface area contributed by atoms with Gasteiger partial charge in [-0.05, 0) is 74.9 Å². The second kappa shape index (κ2) is 9.44. The SMILES string of the molecule is CCOC(=O)CN1C(=O)C(C)(C)c2cc3[nH]c4c(c3cc21)CCCc1cn(COCC[Si](C)(C)C)nc1-4. The van der Waals surface area contributed by atoms with Crippen molar-refractivity contribution in [3.63, 3.8) is 0 Å². The van der Waals surface area contributed by atoms with Gasteiger partial charge in [0.05, 0.1) is 17.7 Å². The average Bonchev–Trinajstić information content (AvgIpc) is 3.40. The molecule has 0 fully saturated rings. The number of H-pyrrole nitrogens is 1. The van der Waals surface area contributed by atoms with E-state index in [0.717, 1.165) is 65.5 Å². The van der Waals surface area contributed by atoms with E-state index < -0.39 is 19.5 Å². The van der Waals surface area contributed by atoms with E-state index in [-0.39, 0.29) is 12.5 Å². The van der Waals surface area contributed by atoms with E-state index in [1.807, 2.05) is 18.5 Å². The van der Waals surface area contributed by atoms with E-state index in [1.54, 1.807) is 11.8 Å². The summed E-state index contributed by atoms with van der Waals surface area (Å²) in [7, 11) is -1.13. The first-order valence-electron chi connectivity index (χ1n) is 13.3. The number of nitrogens with one attached hydrogen (secondary N) is 1. The molecule has 0 saturated carbocycles. The highest BCUT2D eigenvalue weighted by atomic mass is 28.3. The number of hydrogen-bond donors (Lipinski definition) is 1. The predicted octanol–water partition coefficient (Wildman–Crippen LogP) is 5.02. The standard InChI is InChI=1S/C28H38N4O4Si/c1-7-36-24(33)16-32-23-13-20-19-10-8-9-18-15-31(17-35-11-12-37(4,5)6)30-25(18)26(19)29-22(20)14-21(23)28(2,3)27(32)34/h13-15,29H,7-12,16-17H2,1-6H3. The molecule has 0 unspecified atom stereocenters. The van der Waals surface area contributed by atoms with Gasteiger partial charge in [0, 0.05) is 37.5 Å². The van der Waals surface area contributed by atoms with Crippen molar-refractivity contribution in [3.8, 4) is 11.4 Å². The molecule has 1 aliphatic carbocycles. The van der Waals surface area contributed by atoms with Gasteiger partial charge in [-0.15, -0.1) is 0 Å². The quantitative estimate of drug-likeness (QED) is 0.255. The van der Waals surface area contributed by atoms with E-state index in [0.29, 0.717) is 13.3 Å². The lowest BCUT2D eigenvalue weighted by atomic mass is 9.85. The summed E-state index contributed by atoms with van der Waals surface area (Å²) in [6.45, 7) is 14.1. The minimum absolute atomic E-state index is 0.0759. The number of benzene rings is 1. The van der Waals surface area contributed by atoms with Crippen LogP contribution in [0.25, 0.3) is 22.3 Å². The van der Waals surface area contributed by atoms with Gasteiger partial charge < -0.3 is 19.4 Å². The molecule has 8 nitrogen and oxygen atoms in total. The monoisotopic (exact) mass is 522 g/mol. The fourth-order valence-electron chi connectivity index (χ4n) is 5.44. The van der Waals surface area contributed by atoms with Crippen LogP contribution in [0.15, 0.2) is 18.3 Å². The summed E-state index contributed by atoms with van der Waals surface area (Å²) in [6.07, 6.45) is 5.02. The summed E-state index contributed by atoms with van der Waals surface area (Å²) in [5.74, 6) is -0.473. The molecule has 2 aromatic heterocycles. The van der Waals surface area contributed by atoms with Gasteiger partial charge in [-0.1, -0.05) is 19.6 Å². The highest BCUT2D eigenvalue weighted by Crippen LogP contribution is 2.46. The Bertz CT molecular complexity index is 1360. The molecular weight excluding hydrogens is 484 g/mol. The van der Waals surface area contributed by atoms with Crippen LogP contribution in [0.5, 0.6) is 0 Å². The molecule has 1 aromatic carbocycles. The van der Waals surface area contributed by atoms with Crippen molar-refractivity contribution in [2.24, 2.45) is 0 Å². The summed E-state index contributed by atoms with van der Waals surface area (Å²) in [5, 5.41) is 6.01. The first kappa shape index (κ1) is 25.7. The fourth-order valence-corrected chi connectivity index (χ4v) is 6.20. The Balaban J connectivity index is 1.49. The molecule has 3 heterocycles. The topological polar surface area (TPSA) is 89.5 Å². The fraction of sp³-hybridized carbons (Fsp3) is 0.536. The third-order valence-corrected chi connectivity index (χ3v) is 9.23. The Morgan fingerprint density at radius 3 is 2.73 bits per heavy atom. The largest absolute Gasteiger partial charge is 0.465 e. The van der Waals surface area contributed by atoms with Gasteiger partial charge in [-0.3, -0.25) is 9.59 Å². The normalized spacial score (nSPS) is 16.5. The number of ether oxygens (including phenoxy) is 2. The lowest BCUT2D eigenvalue weighted by Crippen LogP contribution is -2.39. The molecule has 9 heteroatoms. The van der Waals surface area contributed by atoms with Gasteiger partial charge in [0.1, 0.15) is 19.0 Å². The van der Waals surface area contributed by atoms with Gasteiger partial charge in [0.2, 0.25) is 5.91 Å². The molecular formula is C28H38N4O4Si. The maximum absolute atomic E-state index is 13.3. The molecule has 1 amide bonds. The van der Waals surface area contributed by atoms with Crippen molar-refractivity contribution >= 4 is 36.5 Å². The number of hydrogen-bond acceptors (Lipinski definition) is 5. The summed E-state index contributed by atoms with van der Waals surface area (Å²) >= 11 is 0. The van der Waals surface area contributed by atoms with E-state index in [1.165, 1.54) is 11.1 Å². The van der Waals surface area contributed by atoms with Crippen LogP contribution in [-0.4, -0.2) is 54.5 Å². The highest BCUT2D eigenvalue weighted by Gasteiger charge is 2.45. The van der Waals surface area contributed by atoms with E-state index in [2.05, 4.69) is 43.0 Å². The van der Waals surface area contributed by atoms with Crippen LogP contribution in [0.2, 0.25) is 25.7 Å². The smallest absolute Gasteiger partial charge is 0.326 e. The molecule has 0 bridgehead atoms. The van der Waals surface area contributed by atoms with Crippen LogP contribution in [0.3, 0.4) is 0 Å². The number of aromatic nitrogens is 3. The third kappa shape index (κ3) is 4.75. The number of rotatable bonds is 8. The Labute approximate surface area is 219 Å². The van der Waals surface area contributed by atoms with Crippen LogP contribution >= 0.6 is 0 Å². The van der Waals surface area contributed by atoms with Gasteiger partial charge in [-0.25, -0.2) is 4.68 Å². The molecule has 3 aromatic rings. The molecule has 37 heavy (non-hydrogen) atoms. The zero-order valence-electron chi connectivity index (χ0n) is 22.9. The second-order valence-corrected chi connectivity index (χ2v) is 17.6. The minimum atomic E-state index is -1.13. The van der Waals surface area contributed by atoms with Gasteiger partial charge in [0.25, 0.3) is 0 Å². The number of amides is 1. The number of carbonyl (C=O) groups is 2. The molecule has 198 valence electrons. The van der Waals surface area contributed by atoms with Crippen molar-refractivity contribution in [3.05, 3.63) is 35.0 Å². The minimum Gasteiger partial charge on any atom is -0.465 e. The summed E-state index contributed by atoms with van der Waals surface area (Å²) in [5.41, 5.74) is 6.47. The zero-order valence-corrected chi connectivity index (χ0v) is 23.9. The maximum Gasteiger partial charge on any atom is 0.326 e. The Morgan fingerprint density at radius 2 is 2.00 bits per heavy atom. The molecule has 0 spiro atoms. The molecule has 5 rings (SSSR count). The Morgan fingerprint density at radius 1 is 1.22 bits per heavy atom. The van der Waals surface area contributed by atoms with E-state index >= 15 is 0 Å².